The molecule has 1 amide bonds. The SMILES string of the molecule is CC(C(=O)O)N(C)CC(=O)Nc1cccc(F)c1.Cl. The zero-order valence-corrected chi connectivity index (χ0v) is 11.4. The molecule has 7 heteroatoms. The van der Waals surface area contributed by atoms with Gasteiger partial charge in [0, 0.05) is 5.69 Å². The average Bonchev–Trinajstić information content (AvgIpc) is 2.27. The van der Waals surface area contributed by atoms with Crippen LogP contribution in [0.2, 0.25) is 0 Å². The summed E-state index contributed by atoms with van der Waals surface area (Å²) in [5.74, 6) is -1.84. The van der Waals surface area contributed by atoms with E-state index >= 15 is 0 Å². The lowest BCUT2D eigenvalue weighted by atomic mass is 10.3. The van der Waals surface area contributed by atoms with E-state index in [1.54, 1.807) is 6.07 Å². The van der Waals surface area contributed by atoms with Gasteiger partial charge in [0.05, 0.1) is 6.54 Å². The van der Waals surface area contributed by atoms with Gasteiger partial charge < -0.3 is 10.4 Å². The molecule has 0 heterocycles. The molecule has 0 aliphatic rings. The molecule has 0 spiro atoms. The van der Waals surface area contributed by atoms with Crippen molar-refractivity contribution in [2.24, 2.45) is 0 Å². The fourth-order valence-corrected chi connectivity index (χ4v) is 1.32. The van der Waals surface area contributed by atoms with E-state index in [1.807, 2.05) is 0 Å². The highest BCUT2D eigenvalue weighted by Crippen LogP contribution is 2.09. The lowest BCUT2D eigenvalue weighted by molar-refractivity contribution is -0.142. The predicted octanol–water partition coefficient (Wildman–Crippen LogP) is 1.59. The molecule has 1 rings (SSSR count). The van der Waals surface area contributed by atoms with Gasteiger partial charge in [-0.25, -0.2) is 4.39 Å². The van der Waals surface area contributed by atoms with Crippen LogP contribution in [-0.2, 0) is 9.59 Å². The van der Waals surface area contributed by atoms with Gasteiger partial charge in [0.15, 0.2) is 0 Å². The van der Waals surface area contributed by atoms with E-state index in [4.69, 9.17) is 5.11 Å². The number of anilines is 1. The van der Waals surface area contributed by atoms with Gasteiger partial charge in [0.25, 0.3) is 0 Å². The van der Waals surface area contributed by atoms with Crippen LogP contribution in [0.3, 0.4) is 0 Å². The number of halogens is 2. The van der Waals surface area contributed by atoms with Crippen molar-refractivity contribution in [2.45, 2.75) is 13.0 Å². The predicted molar refractivity (Wildman–Crippen MR) is 72.0 cm³/mol. The maximum absolute atomic E-state index is 12.9. The number of nitrogens with zero attached hydrogens (tertiary/aromatic N) is 1. The number of rotatable bonds is 5. The molecule has 1 unspecified atom stereocenters. The summed E-state index contributed by atoms with van der Waals surface area (Å²) in [4.78, 5) is 23.7. The minimum atomic E-state index is -1.00. The van der Waals surface area contributed by atoms with Gasteiger partial charge in [0.2, 0.25) is 5.91 Å². The number of nitrogens with one attached hydrogen (secondary N) is 1. The summed E-state index contributed by atoms with van der Waals surface area (Å²) in [6.07, 6.45) is 0. The third kappa shape index (κ3) is 5.67. The Kier molecular flexibility index (Phi) is 7.03. The first kappa shape index (κ1) is 17.3. The van der Waals surface area contributed by atoms with Crippen molar-refractivity contribution in [3.63, 3.8) is 0 Å². The van der Waals surface area contributed by atoms with E-state index in [2.05, 4.69) is 5.32 Å². The maximum Gasteiger partial charge on any atom is 0.320 e. The third-order valence-corrected chi connectivity index (χ3v) is 2.52. The van der Waals surface area contributed by atoms with Crippen molar-refractivity contribution in [3.8, 4) is 0 Å². The Balaban J connectivity index is 0.00000324. The van der Waals surface area contributed by atoms with E-state index in [1.165, 1.54) is 37.1 Å². The number of carbonyl (C=O) groups excluding carboxylic acids is 1. The number of benzene rings is 1. The Hall–Kier alpha value is -1.66. The van der Waals surface area contributed by atoms with Gasteiger partial charge in [0.1, 0.15) is 11.9 Å². The van der Waals surface area contributed by atoms with Gasteiger partial charge in [-0.15, -0.1) is 12.4 Å². The van der Waals surface area contributed by atoms with Crippen molar-refractivity contribution in [3.05, 3.63) is 30.1 Å². The molecule has 0 aliphatic carbocycles. The molecule has 0 aliphatic heterocycles. The number of carboxylic acids is 1. The van der Waals surface area contributed by atoms with E-state index in [0.29, 0.717) is 5.69 Å². The van der Waals surface area contributed by atoms with Crippen LogP contribution in [0.5, 0.6) is 0 Å². The molecule has 1 atom stereocenters. The second-order valence-electron chi connectivity index (χ2n) is 3.99. The molecule has 0 aromatic heterocycles. The van der Waals surface area contributed by atoms with Crippen LogP contribution in [0, 0.1) is 5.82 Å². The number of amides is 1. The van der Waals surface area contributed by atoms with Crippen LogP contribution >= 0.6 is 12.4 Å². The van der Waals surface area contributed by atoms with E-state index < -0.39 is 23.7 Å². The van der Waals surface area contributed by atoms with Crippen molar-refractivity contribution in [2.75, 3.05) is 18.9 Å². The third-order valence-electron chi connectivity index (χ3n) is 2.52. The first-order chi connectivity index (χ1) is 8.40. The van der Waals surface area contributed by atoms with Gasteiger partial charge >= 0.3 is 5.97 Å². The fourth-order valence-electron chi connectivity index (χ4n) is 1.32. The second-order valence-corrected chi connectivity index (χ2v) is 3.99. The summed E-state index contributed by atoms with van der Waals surface area (Å²) in [5, 5.41) is 11.3. The lowest BCUT2D eigenvalue weighted by Crippen LogP contribution is -2.40. The van der Waals surface area contributed by atoms with Crippen LogP contribution in [-0.4, -0.2) is 41.5 Å². The first-order valence-corrected chi connectivity index (χ1v) is 5.38. The summed E-state index contributed by atoms with van der Waals surface area (Å²) in [6.45, 7) is 1.40. The van der Waals surface area contributed by atoms with Crippen molar-refractivity contribution < 1.29 is 19.1 Å². The Morgan fingerprint density at radius 1 is 1.47 bits per heavy atom. The summed E-state index contributed by atoms with van der Waals surface area (Å²) < 4.78 is 12.9. The number of hydrogen-bond acceptors (Lipinski definition) is 3. The van der Waals surface area contributed by atoms with Crippen LogP contribution < -0.4 is 5.32 Å². The first-order valence-electron chi connectivity index (χ1n) is 5.38. The number of likely N-dealkylation sites (N-methyl/N-ethyl adjacent to an activating group) is 1. The zero-order valence-electron chi connectivity index (χ0n) is 10.6. The highest BCUT2D eigenvalue weighted by atomic mass is 35.5. The van der Waals surface area contributed by atoms with Gasteiger partial charge in [-0.2, -0.15) is 0 Å². The van der Waals surface area contributed by atoms with Crippen LogP contribution in [0.25, 0.3) is 0 Å². The zero-order chi connectivity index (χ0) is 13.7. The lowest BCUT2D eigenvalue weighted by Gasteiger charge is -2.20. The minimum absolute atomic E-state index is 0. The van der Waals surface area contributed by atoms with Gasteiger partial charge in [-0.05, 0) is 32.2 Å². The second kappa shape index (κ2) is 7.70. The Bertz CT molecular complexity index is 456. The molecule has 0 bridgehead atoms. The Morgan fingerprint density at radius 3 is 2.63 bits per heavy atom. The molecule has 1 aromatic rings. The summed E-state index contributed by atoms with van der Waals surface area (Å²) in [7, 11) is 1.53. The largest absolute Gasteiger partial charge is 0.480 e. The van der Waals surface area contributed by atoms with Gasteiger partial charge in [-0.1, -0.05) is 6.07 Å². The molecule has 0 radical (unpaired) electrons. The number of hydrogen-bond donors (Lipinski definition) is 2. The minimum Gasteiger partial charge on any atom is -0.480 e. The maximum atomic E-state index is 12.9. The standard InChI is InChI=1S/C12H15FN2O3.ClH/c1-8(12(17)18)15(2)7-11(16)14-10-5-3-4-9(13)6-10;/h3-6,8H,7H2,1-2H3,(H,14,16)(H,17,18);1H. The number of aliphatic carboxylic acids is 1. The fraction of sp³-hybridized carbons (Fsp3) is 0.333. The van der Waals surface area contributed by atoms with Crippen molar-refractivity contribution in [1.29, 1.82) is 0 Å². The van der Waals surface area contributed by atoms with Crippen LogP contribution in [0.4, 0.5) is 10.1 Å². The smallest absolute Gasteiger partial charge is 0.320 e. The normalized spacial score (nSPS) is 11.6. The summed E-state index contributed by atoms with van der Waals surface area (Å²) >= 11 is 0. The van der Waals surface area contributed by atoms with Gasteiger partial charge in [-0.3, -0.25) is 14.5 Å². The molecule has 106 valence electrons. The quantitative estimate of drug-likeness (QED) is 0.864. The molecule has 0 fully saturated rings. The molecule has 0 saturated carbocycles. The van der Waals surface area contributed by atoms with E-state index in [9.17, 15) is 14.0 Å². The number of carbonyl (C=O) groups is 2. The van der Waals surface area contributed by atoms with Crippen molar-refractivity contribution >= 4 is 30.0 Å². The molecule has 19 heavy (non-hydrogen) atoms. The summed E-state index contributed by atoms with van der Waals surface area (Å²) in [5.41, 5.74) is 0.344. The molecule has 0 saturated heterocycles. The van der Waals surface area contributed by atoms with Crippen LogP contribution in [0.15, 0.2) is 24.3 Å². The Morgan fingerprint density at radius 2 is 2.11 bits per heavy atom. The summed E-state index contributed by atoms with van der Waals surface area (Å²) in [6, 6.07) is 4.74. The monoisotopic (exact) mass is 290 g/mol. The van der Waals surface area contributed by atoms with Crippen LogP contribution in [0.1, 0.15) is 6.92 Å². The molecule has 5 nitrogen and oxygen atoms in total. The molecule has 1 aromatic carbocycles. The molecular formula is C12H16ClFN2O3. The van der Waals surface area contributed by atoms with E-state index in [-0.39, 0.29) is 19.0 Å². The highest BCUT2D eigenvalue weighted by molar-refractivity contribution is 5.92. The average molecular weight is 291 g/mol. The molecular weight excluding hydrogens is 275 g/mol. The number of carboxylic acid groups (broad SMARTS) is 1. The van der Waals surface area contributed by atoms with Crippen molar-refractivity contribution in [1.82, 2.24) is 4.90 Å². The Labute approximate surface area is 116 Å². The topological polar surface area (TPSA) is 69.6 Å². The van der Waals surface area contributed by atoms with E-state index in [0.717, 1.165) is 0 Å². The highest BCUT2D eigenvalue weighted by Gasteiger charge is 2.18. The molecule has 2 N–H and O–H groups in total.